The molecular weight excluding hydrogens is 464 g/mol. The number of rotatable bonds is 7. The van der Waals surface area contributed by atoms with Crippen LogP contribution in [0.5, 0.6) is 0 Å². The number of ether oxygens (including phenoxy) is 3. The lowest BCUT2D eigenvalue weighted by Crippen LogP contribution is -2.43. The minimum absolute atomic E-state index is 0.0222. The molecule has 1 fully saturated rings. The molecule has 2 N–H and O–H groups in total. The molecule has 0 bridgehead atoms. The van der Waals surface area contributed by atoms with Gasteiger partial charge < -0.3 is 29.5 Å². The van der Waals surface area contributed by atoms with Crippen LogP contribution in [0.3, 0.4) is 0 Å². The lowest BCUT2D eigenvalue weighted by Gasteiger charge is -2.28. The molecule has 4 rings (SSSR count). The predicted molar refractivity (Wildman–Crippen MR) is 132 cm³/mol. The SMILES string of the molecule is CC(C)(C)OC(=O)N1C[C@@H](NC(=O)OCC2c3ccccc3-c3ccccc32)C[C@H]1COCC(=O)O. The molecule has 2 aromatic carbocycles. The van der Waals surface area contributed by atoms with Gasteiger partial charge in [-0.05, 0) is 49.4 Å². The summed E-state index contributed by atoms with van der Waals surface area (Å²) in [4.78, 5) is 37.7. The first-order valence-corrected chi connectivity index (χ1v) is 12.0. The molecular formula is C27H32N2O7. The molecule has 0 unspecified atom stereocenters. The maximum absolute atomic E-state index is 12.7. The number of nitrogens with zero attached hydrogens (tertiary/aromatic N) is 1. The van der Waals surface area contributed by atoms with Crippen LogP contribution in [0, 0.1) is 0 Å². The molecule has 0 aromatic heterocycles. The van der Waals surface area contributed by atoms with Crippen LogP contribution in [0.2, 0.25) is 0 Å². The van der Waals surface area contributed by atoms with Crippen molar-refractivity contribution < 1.29 is 33.7 Å². The zero-order valence-electron chi connectivity index (χ0n) is 20.7. The smallest absolute Gasteiger partial charge is 0.410 e. The van der Waals surface area contributed by atoms with Crippen molar-refractivity contribution in [2.75, 3.05) is 26.4 Å². The molecule has 1 heterocycles. The van der Waals surface area contributed by atoms with Crippen LogP contribution < -0.4 is 5.32 Å². The van der Waals surface area contributed by atoms with E-state index in [1.54, 1.807) is 20.8 Å². The summed E-state index contributed by atoms with van der Waals surface area (Å²) < 4.78 is 16.3. The molecule has 2 aromatic rings. The van der Waals surface area contributed by atoms with E-state index in [1.807, 2.05) is 24.3 Å². The van der Waals surface area contributed by atoms with Crippen molar-refractivity contribution in [3.05, 3.63) is 59.7 Å². The van der Waals surface area contributed by atoms with Gasteiger partial charge in [-0.25, -0.2) is 14.4 Å². The second-order valence-electron chi connectivity index (χ2n) is 10.1. The monoisotopic (exact) mass is 496 g/mol. The Labute approximate surface area is 210 Å². The van der Waals surface area contributed by atoms with E-state index in [2.05, 4.69) is 29.6 Å². The Balaban J connectivity index is 1.37. The minimum Gasteiger partial charge on any atom is -0.480 e. The van der Waals surface area contributed by atoms with Crippen molar-refractivity contribution >= 4 is 18.2 Å². The Morgan fingerprint density at radius 1 is 1.00 bits per heavy atom. The molecule has 1 aliphatic carbocycles. The number of carbonyl (C=O) groups excluding carboxylic acids is 2. The molecule has 2 aliphatic rings. The first kappa shape index (κ1) is 25.5. The fraction of sp³-hybridized carbons (Fsp3) is 0.444. The summed E-state index contributed by atoms with van der Waals surface area (Å²) in [6.45, 7) is 5.25. The van der Waals surface area contributed by atoms with E-state index >= 15 is 0 Å². The zero-order chi connectivity index (χ0) is 25.9. The normalized spacial score (nSPS) is 18.9. The third-order valence-electron chi connectivity index (χ3n) is 6.24. The lowest BCUT2D eigenvalue weighted by atomic mass is 9.98. The number of hydrogen-bond donors (Lipinski definition) is 2. The molecule has 192 valence electrons. The summed E-state index contributed by atoms with van der Waals surface area (Å²) >= 11 is 0. The van der Waals surface area contributed by atoms with Crippen molar-refractivity contribution in [2.45, 2.75) is 50.8 Å². The van der Waals surface area contributed by atoms with Gasteiger partial charge in [0.2, 0.25) is 0 Å². The number of carboxylic acid groups (broad SMARTS) is 1. The van der Waals surface area contributed by atoms with Gasteiger partial charge >= 0.3 is 18.2 Å². The second kappa shape index (κ2) is 10.6. The molecule has 9 nitrogen and oxygen atoms in total. The highest BCUT2D eigenvalue weighted by Crippen LogP contribution is 2.44. The summed E-state index contributed by atoms with van der Waals surface area (Å²) in [5.41, 5.74) is 3.85. The van der Waals surface area contributed by atoms with Crippen molar-refractivity contribution in [1.29, 1.82) is 0 Å². The third-order valence-corrected chi connectivity index (χ3v) is 6.24. The minimum atomic E-state index is -1.09. The van der Waals surface area contributed by atoms with Crippen molar-refractivity contribution in [3.8, 4) is 11.1 Å². The largest absolute Gasteiger partial charge is 0.480 e. The molecule has 0 saturated carbocycles. The standard InChI is InChI=1S/C27H32N2O7/c1-27(2,3)36-26(33)29-13-17(12-18(29)14-34-16-24(30)31)28-25(32)35-15-23-21-10-6-4-8-19(21)20-9-5-7-11-22(20)23/h4-11,17-18,23H,12-16H2,1-3H3,(H,28,32)(H,30,31)/t17-,18-/m0/s1. The molecule has 0 spiro atoms. The molecule has 0 radical (unpaired) electrons. The topological polar surface area (TPSA) is 114 Å². The van der Waals surface area contributed by atoms with Crippen molar-refractivity contribution in [3.63, 3.8) is 0 Å². The maximum Gasteiger partial charge on any atom is 0.410 e. The fourth-order valence-corrected chi connectivity index (χ4v) is 4.81. The van der Waals surface area contributed by atoms with Gasteiger partial charge in [-0.3, -0.25) is 0 Å². The number of amides is 2. The Kier molecular flexibility index (Phi) is 7.49. The van der Waals surface area contributed by atoms with E-state index < -0.39 is 36.4 Å². The first-order chi connectivity index (χ1) is 17.1. The van der Waals surface area contributed by atoms with Gasteiger partial charge in [0.25, 0.3) is 0 Å². The van der Waals surface area contributed by atoms with Crippen LogP contribution in [-0.4, -0.2) is 72.2 Å². The second-order valence-corrected chi connectivity index (χ2v) is 10.1. The van der Waals surface area contributed by atoms with E-state index in [-0.39, 0.29) is 31.7 Å². The van der Waals surface area contributed by atoms with E-state index in [1.165, 1.54) is 4.90 Å². The average Bonchev–Trinajstić information content (AvgIpc) is 3.35. The van der Waals surface area contributed by atoms with Crippen LogP contribution in [0.15, 0.2) is 48.5 Å². The Morgan fingerprint density at radius 2 is 1.61 bits per heavy atom. The zero-order valence-corrected chi connectivity index (χ0v) is 20.7. The van der Waals surface area contributed by atoms with Gasteiger partial charge in [0.1, 0.15) is 18.8 Å². The van der Waals surface area contributed by atoms with Crippen LogP contribution >= 0.6 is 0 Å². The third kappa shape index (κ3) is 5.96. The van der Waals surface area contributed by atoms with Gasteiger partial charge in [0.15, 0.2) is 0 Å². The first-order valence-electron chi connectivity index (χ1n) is 12.0. The number of aliphatic carboxylic acids is 1. The molecule has 1 aliphatic heterocycles. The molecule has 2 amide bonds. The number of benzene rings is 2. The average molecular weight is 497 g/mol. The number of alkyl carbamates (subject to hydrolysis) is 1. The molecule has 2 atom stereocenters. The van der Waals surface area contributed by atoms with Gasteiger partial charge in [-0.1, -0.05) is 48.5 Å². The summed E-state index contributed by atoms with van der Waals surface area (Å²) in [6.07, 6.45) is -0.718. The van der Waals surface area contributed by atoms with Gasteiger partial charge in [-0.2, -0.15) is 0 Å². The molecule has 36 heavy (non-hydrogen) atoms. The number of fused-ring (bicyclic) bond motifs is 3. The predicted octanol–water partition coefficient (Wildman–Crippen LogP) is 4.00. The van der Waals surface area contributed by atoms with Crippen molar-refractivity contribution in [1.82, 2.24) is 10.2 Å². The Bertz CT molecular complexity index is 1080. The van der Waals surface area contributed by atoms with Crippen molar-refractivity contribution in [2.24, 2.45) is 0 Å². The summed E-state index contributed by atoms with van der Waals surface area (Å²) in [5.74, 6) is -1.15. The number of carbonyl (C=O) groups is 3. The summed E-state index contributed by atoms with van der Waals surface area (Å²) in [5, 5.41) is 11.7. The highest BCUT2D eigenvalue weighted by molar-refractivity contribution is 5.79. The molecule has 1 saturated heterocycles. The van der Waals surface area contributed by atoms with E-state index in [9.17, 15) is 14.4 Å². The fourth-order valence-electron chi connectivity index (χ4n) is 4.81. The van der Waals surface area contributed by atoms with Gasteiger partial charge in [0.05, 0.1) is 18.7 Å². The number of likely N-dealkylation sites (tertiary alicyclic amines) is 1. The Hall–Kier alpha value is -3.59. The highest BCUT2D eigenvalue weighted by atomic mass is 16.6. The van der Waals surface area contributed by atoms with Crippen LogP contribution in [-0.2, 0) is 19.0 Å². The maximum atomic E-state index is 12.7. The number of carboxylic acids is 1. The van der Waals surface area contributed by atoms with Crippen LogP contribution in [0.1, 0.15) is 44.2 Å². The quantitative estimate of drug-likeness (QED) is 0.595. The highest BCUT2D eigenvalue weighted by Gasteiger charge is 2.39. The van der Waals surface area contributed by atoms with Gasteiger partial charge in [0, 0.05) is 12.5 Å². The lowest BCUT2D eigenvalue weighted by molar-refractivity contribution is -0.142. The van der Waals surface area contributed by atoms with E-state index in [0.29, 0.717) is 6.42 Å². The molecule has 9 heteroatoms. The van der Waals surface area contributed by atoms with Crippen LogP contribution in [0.4, 0.5) is 9.59 Å². The summed E-state index contributed by atoms with van der Waals surface area (Å²) in [7, 11) is 0. The van der Waals surface area contributed by atoms with Crippen LogP contribution in [0.25, 0.3) is 11.1 Å². The number of nitrogens with one attached hydrogen (secondary N) is 1. The van der Waals surface area contributed by atoms with Gasteiger partial charge in [-0.15, -0.1) is 0 Å². The number of hydrogen-bond acceptors (Lipinski definition) is 6. The van der Waals surface area contributed by atoms with E-state index in [0.717, 1.165) is 22.3 Å². The Morgan fingerprint density at radius 3 is 2.19 bits per heavy atom. The van der Waals surface area contributed by atoms with E-state index in [4.69, 9.17) is 19.3 Å². The summed E-state index contributed by atoms with van der Waals surface area (Å²) in [6, 6.07) is 15.4.